The number of rotatable bonds is 6. The van der Waals surface area contributed by atoms with Gasteiger partial charge in [0.2, 0.25) is 5.91 Å². The summed E-state index contributed by atoms with van der Waals surface area (Å²) in [5.74, 6) is -1.02. The number of hydrogen-bond donors (Lipinski definition) is 1. The minimum atomic E-state index is -4.34. The molecule has 172 valence electrons. The smallest absolute Gasteiger partial charge is 0.339 e. The van der Waals surface area contributed by atoms with Crippen molar-refractivity contribution in [1.82, 2.24) is 5.32 Å². The van der Waals surface area contributed by atoms with Gasteiger partial charge in [0, 0.05) is 19.1 Å². The van der Waals surface area contributed by atoms with Gasteiger partial charge in [-0.1, -0.05) is 0 Å². The van der Waals surface area contributed by atoms with Gasteiger partial charge in [-0.25, -0.2) is 0 Å². The Bertz CT molecular complexity index is 1320. The highest BCUT2D eigenvalue weighted by atomic mass is 79.9. The highest BCUT2D eigenvalue weighted by Crippen LogP contribution is 2.40. The van der Waals surface area contributed by atoms with Crippen molar-refractivity contribution in [2.24, 2.45) is 4.99 Å². The van der Waals surface area contributed by atoms with E-state index < -0.39 is 20.9 Å². The first-order chi connectivity index (χ1) is 15.5. The summed E-state index contributed by atoms with van der Waals surface area (Å²) in [6.45, 7) is 1.29. The van der Waals surface area contributed by atoms with E-state index in [0.717, 1.165) is 36.0 Å². The van der Waals surface area contributed by atoms with Crippen LogP contribution in [0.4, 0.5) is 5.69 Å². The Balaban J connectivity index is 1.89. The summed E-state index contributed by atoms with van der Waals surface area (Å²) >= 11 is 4.21. The number of carbonyl (C=O) groups is 2. The summed E-state index contributed by atoms with van der Waals surface area (Å²) in [6.07, 6.45) is 1.49. The third kappa shape index (κ3) is 5.77. The molecular formula is C19H14BrN3O8S2. The van der Waals surface area contributed by atoms with Crippen LogP contribution in [-0.2, 0) is 19.7 Å². The number of benzene rings is 2. The van der Waals surface area contributed by atoms with E-state index in [9.17, 15) is 28.1 Å². The number of amidine groups is 1. The molecule has 0 aliphatic carbocycles. The average molecular weight is 556 g/mol. The molecule has 14 heteroatoms. The minimum absolute atomic E-state index is 0.0418. The molecule has 1 N–H and O–H groups in total. The maximum absolute atomic E-state index is 12.7. The van der Waals surface area contributed by atoms with Crippen molar-refractivity contribution in [3.63, 3.8) is 0 Å². The van der Waals surface area contributed by atoms with Gasteiger partial charge in [-0.2, -0.15) is 13.4 Å². The fraction of sp³-hybridized carbons (Fsp3) is 0.105. The monoisotopic (exact) mass is 555 g/mol. The first-order valence-corrected chi connectivity index (χ1v) is 11.9. The molecule has 2 amide bonds. The molecule has 0 fully saturated rings. The topological polar surface area (TPSA) is 154 Å². The predicted octanol–water partition coefficient (Wildman–Crippen LogP) is 3.24. The van der Waals surface area contributed by atoms with Crippen LogP contribution in [0.2, 0.25) is 0 Å². The van der Waals surface area contributed by atoms with Crippen LogP contribution in [0.1, 0.15) is 12.5 Å². The molecule has 3 rings (SSSR count). The van der Waals surface area contributed by atoms with E-state index in [2.05, 4.69) is 26.2 Å². The maximum Gasteiger partial charge on any atom is 0.339 e. The number of halogens is 1. The lowest BCUT2D eigenvalue weighted by molar-refractivity contribution is -0.384. The fourth-order valence-corrected chi connectivity index (χ4v) is 5.03. The van der Waals surface area contributed by atoms with E-state index in [4.69, 9.17) is 8.92 Å². The summed E-state index contributed by atoms with van der Waals surface area (Å²) in [5.41, 5.74) is 0.198. The van der Waals surface area contributed by atoms with Crippen LogP contribution in [0.3, 0.4) is 0 Å². The molecule has 0 saturated carbocycles. The normalized spacial score (nSPS) is 14.7. The van der Waals surface area contributed by atoms with Crippen LogP contribution < -0.4 is 14.2 Å². The van der Waals surface area contributed by atoms with E-state index in [0.29, 0.717) is 5.56 Å². The molecule has 33 heavy (non-hydrogen) atoms. The van der Waals surface area contributed by atoms with Crippen molar-refractivity contribution in [3.8, 4) is 11.5 Å². The van der Waals surface area contributed by atoms with Gasteiger partial charge >= 0.3 is 10.1 Å². The Kier molecular flexibility index (Phi) is 7.19. The molecule has 0 bridgehead atoms. The van der Waals surface area contributed by atoms with Crippen LogP contribution >= 0.6 is 27.7 Å². The van der Waals surface area contributed by atoms with E-state index in [1.807, 2.05) is 0 Å². The molecule has 11 nitrogen and oxygen atoms in total. The van der Waals surface area contributed by atoms with Crippen molar-refractivity contribution in [3.05, 3.63) is 61.5 Å². The number of nitro groups is 1. The number of thioether (sulfide) groups is 1. The molecule has 0 atom stereocenters. The van der Waals surface area contributed by atoms with Crippen LogP contribution in [-0.4, -0.2) is 37.4 Å². The molecule has 1 aliphatic rings. The van der Waals surface area contributed by atoms with Gasteiger partial charge in [0.05, 0.1) is 21.4 Å². The zero-order valence-corrected chi connectivity index (χ0v) is 20.1. The third-order valence-electron chi connectivity index (χ3n) is 3.98. The SMILES string of the molecule is COc1cc(/C=C2\SC(NC(C)=O)=NC2=O)cc(Br)c1OS(=O)(=O)c1ccc([N+](=O)[O-])cc1. The molecule has 1 aliphatic heterocycles. The maximum atomic E-state index is 12.7. The standard InChI is InChI=1S/C19H14BrN3O8S2/c1-10(24)21-19-22-18(25)16(32-19)9-11-7-14(20)17(15(8-11)30-2)31-33(28,29)13-5-3-12(4-6-13)23(26)27/h3-9H,1-2H3,(H,21,22,24,25)/b16-9-. The van der Waals surface area contributed by atoms with Gasteiger partial charge < -0.3 is 14.2 Å². The number of nitrogens with zero attached hydrogens (tertiary/aromatic N) is 2. The number of amides is 2. The van der Waals surface area contributed by atoms with Crippen molar-refractivity contribution in [1.29, 1.82) is 0 Å². The van der Waals surface area contributed by atoms with Crippen LogP contribution in [0.25, 0.3) is 6.08 Å². The number of ether oxygens (including phenoxy) is 1. The second-order valence-corrected chi connectivity index (χ2v) is 9.77. The average Bonchev–Trinajstić information content (AvgIpc) is 3.07. The highest BCUT2D eigenvalue weighted by molar-refractivity contribution is 9.10. The zero-order chi connectivity index (χ0) is 24.3. The minimum Gasteiger partial charge on any atom is -0.493 e. The number of non-ortho nitro benzene ring substituents is 1. The Hall–Kier alpha value is -3.23. The predicted molar refractivity (Wildman–Crippen MR) is 123 cm³/mol. The molecule has 0 radical (unpaired) electrons. The van der Waals surface area contributed by atoms with Crippen LogP contribution in [0.5, 0.6) is 11.5 Å². The molecule has 1 heterocycles. The van der Waals surface area contributed by atoms with Crippen molar-refractivity contribution in [2.75, 3.05) is 7.11 Å². The first kappa shape index (κ1) is 24.4. The summed E-state index contributed by atoms with van der Waals surface area (Å²) in [4.78, 5) is 37.0. The number of aliphatic imine (C=N–C) groups is 1. The lowest BCUT2D eigenvalue weighted by Crippen LogP contribution is -2.23. The largest absolute Gasteiger partial charge is 0.493 e. The molecule has 0 unspecified atom stereocenters. The Morgan fingerprint density at radius 1 is 1.27 bits per heavy atom. The second-order valence-electron chi connectivity index (χ2n) is 6.34. The van der Waals surface area contributed by atoms with Crippen LogP contribution in [0, 0.1) is 10.1 Å². The second kappa shape index (κ2) is 9.72. The van der Waals surface area contributed by atoms with Crippen molar-refractivity contribution < 1.29 is 31.9 Å². The number of nitrogens with one attached hydrogen (secondary N) is 1. The van der Waals surface area contributed by atoms with Gasteiger partial charge in [0.1, 0.15) is 4.90 Å². The molecule has 0 aromatic heterocycles. The summed E-state index contributed by atoms with van der Waals surface area (Å²) in [7, 11) is -3.04. The number of hydrogen-bond acceptors (Lipinski definition) is 9. The number of carbonyl (C=O) groups excluding carboxylic acids is 2. The quantitative estimate of drug-likeness (QED) is 0.244. The molecular weight excluding hydrogens is 542 g/mol. The fourth-order valence-electron chi connectivity index (χ4n) is 2.56. The third-order valence-corrected chi connectivity index (χ3v) is 6.71. The van der Waals surface area contributed by atoms with E-state index in [1.54, 1.807) is 0 Å². The van der Waals surface area contributed by atoms with E-state index >= 15 is 0 Å². The van der Waals surface area contributed by atoms with Crippen LogP contribution in [0.15, 0.2) is 55.7 Å². The number of nitro benzene ring substituents is 1. The molecule has 2 aromatic rings. The Morgan fingerprint density at radius 3 is 2.52 bits per heavy atom. The first-order valence-electron chi connectivity index (χ1n) is 8.87. The van der Waals surface area contributed by atoms with E-state index in [-0.39, 0.29) is 42.5 Å². The van der Waals surface area contributed by atoms with Gasteiger partial charge in [-0.15, -0.1) is 0 Å². The van der Waals surface area contributed by atoms with Gasteiger partial charge in [-0.05, 0) is 63.6 Å². The van der Waals surface area contributed by atoms with Crippen molar-refractivity contribution >= 4 is 66.6 Å². The molecule has 0 spiro atoms. The van der Waals surface area contributed by atoms with Gasteiger partial charge in [0.25, 0.3) is 11.6 Å². The lowest BCUT2D eigenvalue weighted by Gasteiger charge is -2.13. The zero-order valence-electron chi connectivity index (χ0n) is 16.9. The summed E-state index contributed by atoms with van der Waals surface area (Å²) < 4.78 is 36.0. The highest BCUT2D eigenvalue weighted by Gasteiger charge is 2.25. The molecule has 2 aromatic carbocycles. The summed E-state index contributed by atoms with van der Waals surface area (Å²) in [5, 5.41) is 13.4. The van der Waals surface area contributed by atoms with E-state index in [1.165, 1.54) is 32.2 Å². The van der Waals surface area contributed by atoms with Gasteiger partial charge in [-0.3, -0.25) is 19.7 Å². The summed E-state index contributed by atoms with van der Waals surface area (Å²) in [6, 6.07) is 7.16. The lowest BCUT2D eigenvalue weighted by atomic mass is 10.2. The molecule has 0 saturated heterocycles. The van der Waals surface area contributed by atoms with Gasteiger partial charge in [0.15, 0.2) is 16.7 Å². The van der Waals surface area contributed by atoms with Crippen molar-refractivity contribution in [2.45, 2.75) is 11.8 Å². The Morgan fingerprint density at radius 2 is 1.94 bits per heavy atom. The Labute approximate surface area is 200 Å². The number of methoxy groups -OCH3 is 1.